The summed E-state index contributed by atoms with van der Waals surface area (Å²) in [4.78, 5) is 6.69. The van der Waals surface area contributed by atoms with E-state index in [0.717, 1.165) is 68.5 Å². The molecule has 1 aromatic carbocycles. The highest BCUT2D eigenvalue weighted by Crippen LogP contribution is 2.20. The number of benzene rings is 1. The number of aromatic nitrogens is 1. The number of piperidine rings is 1. The van der Waals surface area contributed by atoms with E-state index < -0.39 is 0 Å². The van der Waals surface area contributed by atoms with E-state index in [2.05, 4.69) is 20.4 Å². The van der Waals surface area contributed by atoms with E-state index in [1.54, 1.807) is 7.11 Å². The molecule has 0 bridgehead atoms. The van der Waals surface area contributed by atoms with Crippen molar-refractivity contribution in [2.45, 2.75) is 31.9 Å². The van der Waals surface area contributed by atoms with Crippen LogP contribution in [-0.4, -0.2) is 62.6 Å². The van der Waals surface area contributed by atoms with E-state index in [0.29, 0.717) is 12.6 Å². The standard InChI is InChI=1S/C21H30N4O3.HI/c1-22-21(25-11-9-19(10-12-25)27-14-6-13-26-2)23-16-18-15-20(28-24-18)17-7-4-3-5-8-17;/h3-5,7-8,15,19H,6,9-14,16H2,1-2H3,(H,22,23);1H. The Morgan fingerprint density at radius 3 is 2.69 bits per heavy atom. The summed E-state index contributed by atoms with van der Waals surface area (Å²) < 4.78 is 16.5. The van der Waals surface area contributed by atoms with Gasteiger partial charge in [-0.15, -0.1) is 24.0 Å². The van der Waals surface area contributed by atoms with Gasteiger partial charge in [0.25, 0.3) is 0 Å². The predicted molar refractivity (Wildman–Crippen MR) is 125 cm³/mol. The molecule has 29 heavy (non-hydrogen) atoms. The summed E-state index contributed by atoms with van der Waals surface area (Å²) in [6, 6.07) is 12.0. The van der Waals surface area contributed by atoms with Crippen molar-refractivity contribution < 1.29 is 14.0 Å². The molecule has 0 aliphatic carbocycles. The highest BCUT2D eigenvalue weighted by molar-refractivity contribution is 14.0. The minimum absolute atomic E-state index is 0. The van der Waals surface area contributed by atoms with Crippen LogP contribution in [0, 0.1) is 0 Å². The number of aliphatic imine (C=N–C) groups is 1. The summed E-state index contributed by atoms with van der Waals surface area (Å²) >= 11 is 0. The number of nitrogens with zero attached hydrogens (tertiary/aromatic N) is 3. The zero-order chi connectivity index (χ0) is 19.6. The number of nitrogens with one attached hydrogen (secondary N) is 1. The Labute approximate surface area is 189 Å². The van der Waals surface area contributed by atoms with E-state index in [4.69, 9.17) is 14.0 Å². The molecule has 160 valence electrons. The molecular weight excluding hydrogens is 483 g/mol. The molecule has 0 amide bonds. The van der Waals surface area contributed by atoms with E-state index >= 15 is 0 Å². The van der Waals surface area contributed by atoms with Crippen LogP contribution in [0.5, 0.6) is 0 Å². The van der Waals surface area contributed by atoms with Crippen molar-refractivity contribution in [1.29, 1.82) is 0 Å². The van der Waals surface area contributed by atoms with Gasteiger partial charge in [0.05, 0.1) is 12.6 Å². The van der Waals surface area contributed by atoms with Crippen molar-refractivity contribution >= 4 is 29.9 Å². The van der Waals surface area contributed by atoms with Gasteiger partial charge in [-0.3, -0.25) is 4.99 Å². The van der Waals surface area contributed by atoms with Gasteiger partial charge in [0.15, 0.2) is 11.7 Å². The van der Waals surface area contributed by atoms with Crippen molar-refractivity contribution in [2.75, 3.05) is 40.5 Å². The van der Waals surface area contributed by atoms with Crippen LogP contribution in [0.25, 0.3) is 11.3 Å². The Bertz CT molecular complexity index is 731. The molecule has 1 saturated heterocycles. The molecule has 0 unspecified atom stereocenters. The SMILES string of the molecule is CN=C(NCc1cc(-c2ccccc2)on1)N1CCC(OCCCOC)CC1.I. The number of rotatable bonds is 8. The van der Waals surface area contributed by atoms with Gasteiger partial charge >= 0.3 is 0 Å². The van der Waals surface area contributed by atoms with Crippen molar-refractivity contribution in [2.24, 2.45) is 4.99 Å². The summed E-state index contributed by atoms with van der Waals surface area (Å²) in [7, 11) is 3.53. The van der Waals surface area contributed by atoms with Crippen LogP contribution in [0.1, 0.15) is 25.0 Å². The Hall–Kier alpha value is -1.65. The summed E-state index contributed by atoms with van der Waals surface area (Å²) in [6.45, 7) is 3.96. The third kappa shape index (κ3) is 7.27. The lowest BCUT2D eigenvalue weighted by molar-refractivity contribution is 0.00989. The lowest BCUT2D eigenvalue weighted by Crippen LogP contribution is -2.46. The maximum atomic E-state index is 5.93. The average molecular weight is 514 g/mol. The fourth-order valence-electron chi connectivity index (χ4n) is 3.32. The van der Waals surface area contributed by atoms with E-state index in [1.165, 1.54) is 0 Å². The Balaban J connectivity index is 0.00000300. The van der Waals surface area contributed by atoms with Gasteiger partial charge in [-0.05, 0) is 19.3 Å². The third-order valence-electron chi connectivity index (χ3n) is 4.84. The first-order valence-electron chi connectivity index (χ1n) is 9.87. The van der Waals surface area contributed by atoms with Gasteiger partial charge in [0, 0.05) is 52.1 Å². The maximum Gasteiger partial charge on any atom is 0.193 e. The molecule has 0 atom stereocenters. The van der Waals surface area contributed by atoms with Crippen molar-refractivity contribution in [3.05, 3.63) is 42.1 Å². The fraction of sp³-hybridized carbons (Fsp3) is 0.524. The summed E-state index contributed by atoms with van der Waals surface area (Å²) in [5.74, 6) is 1.67. The highest BCUT2D eigenvalue weighted by Gasteiger charge is 2.22. The largest absolute Gasteiger partial charge is 0.385 e. The Morgan fingerprint density at radius 2 is 2.00 bits per heavy atom. The molecule has 7 nitrogen and oxygen atoms in total. The molecule has 1 N–H and O–H groups in total. The van der Waals surface area contributed by atoms with E-state index in [-0.39, 0.29) is 24.0 Å². The number of ether oxygens (including phenoxy) is 2. The summed E-state index contributed by atoms with van der Waals surface area (Å²) in [6.07, 6.45) is 3.30. The smallest absolute Gasteiger partial charge is 0.193 e. The van der Waals surface area contributed by atoms with E-state index in [9.17, 15) is 0 Å². The second kappa shape index (κ2) is 12.8. The van der Waals surface area contributed by atoms with Gasteiger partial charge in [-0.25, -0.2) is 0 Å². The average Bonchev–Trinajstić information content (AvgIpc) is 3.22. The van der Waals surface area contributed by atoms with Crippen LogP contribution in [0.2, 0.25) is 0 Å². The summed E-state index contributed by atoms with van der Waals surface area (Å²) in [5.41, 5.74) is 1.88. The topological polar surface area (TPSA) is 72.1 Å². The van der Waals surface area contributed by atoms with E-state index in [1.807, 2.05) is 43.4 Å². The van der Waals surface area contributed by atoms with Gasteiger partial charge in [0.1, 0.15) is 5.69 Å². The normalized spacial score (nSPS) is 15.2. The van der Waals surface area contributed by atoms with Crippen LogP contribution in [-0.2, 0) is 16.0 Å². The lowest BCUT2D eigenvalue weighted by Gasteiger charge is -2.34. The molecule has 1 aromatic heterocycles. The van der Waals surface area contributed by atoms with Crippen LogP contribution < -0.4 is 5.32 Å². The highest BCUT2D eigenvalue weighted by atomic mass is 127. The zero-order valence-electron chi connectivity index (χ0n) is 17.2. The van der Waals surface area contributed by atoms with Gasteiger partial charge < -0.3 is 24.2 Å². The predicted octanol–water partition coefficient (Wildman–Crippen LogP) is 3.55. The number of hydrogen-bond donors (Lipinski definition) is 1. The van der Waals surface area contributed by atoms with Gasteiger partial charge in [0.2, 0.25) is 0 Å². The lowest BCUT2D eigenvalue weighted by atomic mass is 10.1. The first kappa shape index (κ1) is 23.6. The molecule has 3 rings (SSSR count). The first-order chi connectivity index (χ1) is 13.8. The molecule has 0 spiro atoms. The first-order valence-corrected chi connectivity index (χ1v) is 9.87. The monoisotopic (exact) mass is 514 g/mol. The minimum Gasteiger partial charge on any atom is -0.385 e. The van der Waals surface area contributed by atoms with Crippen LogP contribution in [0.15, 0.2) is 45.9 Å². The maximum absolute atomic E-state index is 5.93. The summed E-state index contributed by atoms with van der Waals surface area (Å²) in [5, 5.41) is 7.55. The van der Waals surface area contributed by atoms with Crippen molar-refractivity contribution in [3.8, 4) is 11.3 Å². The fourth-order valence-corrected chi connectivity index (χ4v) is 3.32. The number of halogens is 1. The van der Waals surface area contributed by atoms with Gasteiger partial charge in [-0.1, -0.05) is 35.5 Å². The molecule has 1 aliphatic rings. The van der Waals surface area contributed by atoms with Crippen molar-refractivity contribution in [3.63, 3.8) is 0 Å². The zero-order valence-corrected chi connectivity index (χ0v) is 19.5. The number of methoxy groups -OCH3 is 1. The van der Waals surface area contributed by atoms with Crippen LogP contribution >= 0.6 is 24.0 Å². The second-order valence-electron chi connectivity index (χ2n) is 6.85. The molecular formula is C21H31IN4O3. The molecule has 0 radical (unpaired) electrons. The Morgan fingerprint density at radius 1 is 1.24 bits per heavy atom. The number of guanidine groups is 1. The van der Waals surface area contributed by atoms with Crippen LogP contribution in [0.4, 0.5) is 0 Å². The molecule has 8 heteroatoms. The molecule has 2 aromatic rings. The molecule has 1 aliphatic heterocycles. The second-order valence-corrected chi connectivity index (χ2v) is 6.85. The quantitative estimate of drug-likeness (QED) is 0.252. The molecule has 1 fully saturated rings. The Kier molecular flexibility index (Phi) is 10.4. The van der Waals surface area contributed by atoms with Crippen molar-refractivity contribution in [1.82, 2.24) is 15.4 Å². The third-order valence-corrected chi connectivity index (χ3v) is 4.84. The van der Waals surface area contributed by atoms with Gasteiger partial charge in [-0.2, -0.15) is 0 Å². The number of likely N-dealkylation sites (tertiary alicyclic amines) is 1. The minimum atomic E-state index is 0. The molecule has 2 heterocycles. The molecule has 0 saturated carbocycles. The number of hydrogen-bond acceptors (Lipinski definition) is 5. The van der Waals surface area contributed by atoms with Crippen LogP contribution in [0.3, 0.4) is 0 Å².